The number of anilines is 1. The molecule has 1 unspecified atom stereocenters. The molecule has 6 nitrogen and oxygen atoms in total. The highest BCUT2D eigenvalue weighted by Gasteiger charge is 2.17. The van der Waals surface area contributed by atoms with Crippen LogP contribution in [0.15, 0.2) is 66.7 Å². The smallest absolute Gasteiger partial charge is 0.307 e. The first kappa shape index (κ1) is 22.8. The van der Waals surface area contributed by atoms with Crippen molar-refractivity contribution < 1.29 is 19.4 Å². The average molecular weight is 465 g/mol. The third-order valence-electron chi connectivity index (χ3n) is 5.54. The molecule has 3 aromatic rings. The molecule has 33 heavy (non-hydrogen) atoms. The van der Waals surface area contributed by atoms with Gasteiger partial charge in [-0.3, -0.25) is 9.59 Å². The van der Waals surface area contributed by atoms with Crippen LogP contribution in [-0.4, -0.2) is 36.2 Å². The van der Waals surface area contributed by atoms with Crippen molar-refractivity contribution in [3.8, 4) is 16.9 Å². The molecule has 1 fully saturated rings. The highest BCUT2D eigenvalue weighted by atomic mass is 35.5. The number of amides is 1. The minimum absolute atomic E-state index is 0.0782. The van der Waals surface area contributed by atoms with Crippen molar-refractivity contribution in [1.82, 2.24) is 5.32 Å². The number of rotatable bonds is 7. The number of piperidine rings is 1. The monoisotopic (exact) mass is 464 g/mol. The Morgan fingerprint density at radius 3 is 2.67 bits per heavy atom. The summed E-state index contributed by atoms with van der Waals surface area (Å²) in [7, 11) is 0. The van der Waals surface area contributed by atoms with Crippen LogP contribution >= 0.6 is 11.6 Å². The van der Waals surface area contributed by atoms with Gasteiger partial charge >= 0.3 is 5.97 Å². The van der Waals surface area contributed by atoms with Crippen molar-refractivity contribution in [3.63, 3.8) is 0 Å². The average Bonchev–Trinajstić information content (AvgIpc) is 2.82. The summed E-state index contributed by atoms with van der Waals surface area (Å²) < 4.78 is 6.13. The number of hydrogen-bond acceptors (Lipinski definition) is 4. The van der Waals surface area contributed by atoms with Crippen molar-refractivity contribution in [1.29, 1.82) is 0 Å². The van der Waals surface area contributed by atoms with Crippen LogP contribution in [0.2, 0.25) is 5.02 Å². The number of nitrogens with one attached hydrogen (secondary N) is 2. The van der Waals surface area contributed by atoms with Gasteiger partial charge in [-0.1, -0.05) is 48.0 Å². The molecule has 7 heteroatoms. The van der Waals surface area contributed by atoms with Crippen molar-refractivity contribution in [2.45, 2.75) is 25.4 Å². The Balaban J connectivity index is 1.54. The number of ether oxygens (including phenoxy) is 1. The predicted molar refractivity (Wildman–Crippen MR) is 129 cm³/mol. The molecule has 1 aliphatic rings. The van der Waals surface area contributed by atoms with Crippen molar-refractivity contribution in [2.24, 2.45) is 0 Å². The first-order valence-corrected chi connectivity index (χ1v) is 11.3. The number of aliphatic carboxylic acids is 1. The van der Waals surface area contributed by atoms with Gasteiger partial charge in [0, 0.05) is 17.8 Å². The van der Waals surface area contributed by atoms with E-state index >= 15 is 0 Å². The molecule has 0 aliphatic carbocycles. The molecule has 170 valence electrons. The molecule has 0 saturated carbocycles. The third-order valence-corrected chi connectivity index (χ3v) is 5.85. The lowest BCUT2D eigenvalue weighted by Gasteiger charge is -2.24. The second kappa shape index (κ2) is 10.5. The Morgan fingerprint density at radius 2 is 1.88 bits per heavy atom. The van der Waals surface area contributed by atoms with E-state index in [4.69, 9.17) is 21.4 Å². The molecule has 1 aliphatic heterocycles. The Bertz CT molecular complexity index is 1160. The highest BCUT2D eigenvalue weighted by molar-refractivity contribution is 6.32. The zero-order valence-electron chi connectivity index (χ0n) is 18.0. The minimum atomic E-state index is -0.955. The molecule has 3 aromatic carbocycles. The van der Waals surface area contributed by atoms with E-state index in [-0.39, 0.29) is 18.4 Å². The lowest BCUT2D eigenvalue weighted by Crippen LogP contribution is -2.37. The van der Waals surface area contributed by atoms with Crippen LogP contribution in [0.25, 0.3) is 11.1 Å². The van der Waals surface area contributed by atoms with Crippen LogP contribution in [0.5, 0.6) is 5.75 Å². The van der Waals surface area contributed by atoms with Gasteiger partial charge in [-0.05, 0) is 66.4 Å². The summed E-state index contributed by atoms with van der Waals surface area (Å²) >= 11 is 6.37. The maximum Gasteiger partial charge on any atom is 0.307 e. The van der Waals surface area contributed by atoms with Gasteiger partial charge in [0.05, 0.1) is 11.4 Å². The van der Waals surface area contributed by atoms with E-state index in [1.807, 2.05) is 24.3 Å². The third kappa shape index (κ3) is 5.92. The summed E-state index contributed by atoms with van der Waals surface area (Å²) in [4.78, 5) is 24.0. The maximum atomic E-state index is 12.9. The zero-order chi connectivity index (χ0) is 23.2. The topological polar surface area (TPSA) is 87.7 Å². The quantitative estimate of drug-likeness (QED) is 0.457. The number of carboxylic acid groups (broad SMARTS) is 1. The molecule has 1 atom stereocenters. The Hall–Kier alpha value is -3.35. The second-order valence-electron chi connectivity index (χ2n) is 7.99. The highest BCUT2D eigenvalue weighted by Crippen LogP contribution is 2.32. The van der Waals surface area contributed by atoms with Crippen molar-refractivity contribution in [2.75, 3.05) is 18.4 Å². The van der Waals surface area contributed by atoms with E-state index in [1.165, 1.54) is 0 Å². The Labute approximate surface area is 197 Å². The first-order chi connectivity index (χ1) is 16.0. The second-order valence-corrected chi connectivity index (χ2v) is 8.40. The van der Waals surface area contributed by atoms with Gasteiger partial charge in [0.2, 0.25) is 0 Å². The molecule has 3 N–H and O–H groups in total. The van der Waals surface area contributed by atoms with Crippen LogP contribution in [0.1, 0.15) is 28.8 Å². The molecule has 0 spiro atoms. The fraction of sp³-hybridized carbons (Fsp3) is 0.231. The summed E-state index contributed by atoms with van der Waals surface area (Å²) in [5, 5.41) is 15.8. The number of carboxylic acids is 1. The molecule has 1 heterocycles. The number of carbonyl (C=O) groups excluding carboxylic acids is 1. The Morgan fingerprint density at radius 1 is 1.06 bits per heavy atom. The van der Waals surface area contributed by atoms with E-state index in [9.17, 15) is 9.59 Å². The summed E-state index contributed by atoms with van der Waals surface area (Å²) in [6.45, 7) is 1.79. The summed E-state index contributed by atoms with van der Waals surface area (Å²) in [6, 6.07) is 19.7. The van der Waals surface area contributed by atoms with Crippen LogP contribution in [0.3, 0.4) is 0 Å². The van der Waals surface area contributed by atoms with Gasteiger partial charge in [0.25, 0.3) is 5.91 Å². The lowest BCUT2D eigenvalue weighted by atomic mass is 10.0. The van der Waals surface area contributed by atoms with Crippen molar-refractivity contribution >= 4 is 29.2 Å². The number of para-hydroxylation sites is 1. The van der Waals surface area contributed by atoms with Gasteiger partial charge in [0.15, 0.2) is 0 Å². The molecule has 4 rings (SSSR count). The molecule has 0 aromatic heterocycles. The van der Waals surface area contributed by atoms with Gasteiger partial charge in [-0.15, -0.1) is 0 Å². The predicted octanol–water partition coefficient (Wildman–Crippen LogP) is 5.02. The van der Waals surface area contributed by atoms with E-state index in [1.54, 1.807) is 42.5 Å². The van der Waals surface area contributed by atoms with Crippen molar-refractivity contribution in [3.05, 3.63) is 82.9 Å². The van der Waals surface area contributed by atoms with Gasteiger partial charge in [-0.25, -0.2) is 0 Å². The normalized spacial score (nSPS) is 15.6. The number of carbonyl (C=O) groups is 2. The number of benzene rings is 3. The largest absolute Gasteiger partial charge is 0.488 e. The molecule has 1 saturated heterocycles. The fourth-order valence-corrected chi connectivity index (χ4v) is 4.03. The van der Waals surface area contributed by atoms with Crippen LogP contribution in [0.4, 0.5) is 5.69 Å². The zero-order valence-corrected chi connectivity index (χ0v) is 18.8. The molecule has 0 bridgehead atoms. The molecule has 1 amide bonds. The van der Waals surface area contributed by atoms with E-state index in [2.05, 4.69) is 10.6 Å². The first-order valence-electron chi connectivity index (χ1n) is 10.9. The fourth-order valence-electron chi connectivity index (χ4n) is 3.87. The summed E-state index contributed by atoms with van der Waals surface area (Å²) in [5.74, 6) is -0.641. The summed E-state index contributed by atoms with van der Waals surface area (Å²) in [5.41, 5.74) is 3.24. The van der Waals surface area contributed by atoms with Crippen LogP contribution in [0, 0.1) is 0 Å². The standard InChI is InChI=1S/C26H25ClN2O4/c27-22-11-10-18(14-24(22)33-21-8-4-12-28-16-21)17-6-3-7-20(13-17)26(32)29-23-9-2-1-5-19(23)15-25(30)31/h1-3,5-7,9-11,13-14,21,28H,4,8,12,15-16H2,(H,29,32)(H,30,31). The number of hydrogen-bond donors (Lipinski definition) is 3. The van der Waals surface area contributed by atoms with E-state index in [0.717, 1.165) is 37.1 Å². The van der Waals surface area contributed by atoms with Gasteiger partial charge in [0.1, 0.15) is 11.9 Å². The van der Waals surface area contributed by atoms with Crippen LogP contribution in [-0.2, 0) is 11.2 Å². The Kier molecular flexibility index (Phi) is 7.27. The lowest BCUT2D eigenvalue weighted by molar-refractivity contribution is -0.136. The maximum absolute atomic E-state index is 12.9. The van der Waals surface area contributed by atoms with Gasteiger partial charge < -0.3 is 20.5 Å². The SMILES string of the molecule is O=C(O)Cc1ccccc1NC(=O)c1cccc(-c2ccc(Cl)c(OC3CCCNC3)c2)c1. The number of halogens is 1. The van der Waals surface area contributed by atoms with Gasteiger partial charge in [-0.2, -0.15) is 0 Å². The van der Waals surface area contributed by atoms with E-state index < -0.39 is 5.97 Å². The molecular weight excluding hydrogens is 440 g/mol. The van der Waals surface area contributed by atoms with E-state index in [0.29, 0.717) is 27.6 Å². The molecular formula is C26H25ClN2O4. The van der Waals surface area contributed by atoms with Crippen LogP contribution < -0.4 is 15.4 Å². The molecule has 0 radical (unpaired) electrons. The summed E-state index contributed by atoms with van der Waals surface area (Å²) in [6.07, 6.45) is 1.96. The minimum Gasteiger partial charge on any atom is -0.488 e.